The summed E-state index contributed by atoms with van der Waals surface area (Å²) in [5.41, 5.74) is 0.996. The van der Waals surface area contributed by atoms with E-state index in [0.717, 1.165) is 18.7 Å². The van der Waals surface area contributed by atoms with Crippen molar-refractivity contribution in [1.29, 1.82) is 0 Å². The topological polar surface area (TPSA) is 32.3 Å². The zero-order valence-electron chi connectivity index (χ0n) is 9.81. The number of carbonyl (C=O) groups is 1. The lowest BCUT2D eigenvalue weighted by atomic mass is 10.2. The number of hydrogen-bond donors (Lipinski definition) is 1. The van der Waals surface area contributed by atoms with Gasteiger partial charge in [-0.05, 0) is 32.4 Å². The minimum absolute atomic E-state index is 0.0993. The molecule has 1 saturated heterocycles. The summed E-state index contributed by atoms with van der Waals surface area (Å²) < 4.78 is 0. The van der Waals surface area contributed by atoms with E-state index in [1.54, 1.807) is 0 Å². The Kier molecular flexibility index (Phi) is 3.25. The van der Waals surface area contributed by atoms with E-state index in [4.69, 9.17) is 0 Å². The van der Waals surface area contributed by atoms with Crippen LogP contribution in [0.25, 0.3) is 0 Å². The fraction of sp³-hybridized carbons (Fsp3) is 0.462. The van der Waals surface area contributed by atoms with E-state index in [1.165, 1.54) is 0 Å². The lowest BCUT2D eigenvalue weighted by Gasteiger charge is -2.22. The van der Waals surface area contributed by atoms with Gasteiger partial charge >= 0.3 is 0 Å². The van der Waals surface area contributed by atoms with Gasteiger partial charge in [-0.1, -0.05) is 18.2 Å². The zero-order valence-corrected chi connectivity index (χ0v) is 9.81. The van der Waals surface area contributed by atoms with Crippen LogP contribution in [0.4, 0.5) is 5.69 Å². The van der Waals surface area contributed by atoms with Crippen LogP contribution in [0.1, 0.15) is 20.3 Å². The van der Waals surface area contributed by atoms with Gasteiger partial charge in [-0.2, -0.15) is 0 Å². The number of benzene rings is 1. The van der Waals surface area contributed by atoms with E-state index in [-0.39, 0.29) is 11.9 Å². The minimum Gasteiger partial charge on any atom is -0.311 e. The molecule has 0 radical (unpaired) electrons. The van der Waals surface area contributed by atoms with Crippen molar-refractivity contribution < 1.29 is 4.79 Å². The van der Waals surface area contributed by atoms with E-state index in [0.29, 0.717) is 6.04 Å². The minimum atomic E-state index is -0.0993. The van der Waals surface area contributed by atoms with Crippen molar-refractivity contribution in [2.75, 3.05) is 11.4 Å². The number of carbonyl (C=O) groups excluding carboxylic acids is 1. The molecule has 86 valence electrons. The average molecular weight is 218 g/mol. The highest BCUT2D eigenvalue weighted by Crippen LogP contribution is 2.17. The Morgan fingerprint density at radius 3 is 2.62 bits per heavy atom. The van der Waals surface area contributed by atoms with E-state index < -0.39 is 0 Å². The van der Waals surface area contributed by atoms with Gasteiger partial charge in [0.05, 0.1) is 6.04 Å². The predicted octanol–water partition coefficient (Wildman–Crippen LogP) is 1.79. The average Bonchev–Trinajstić information content (AvgIpc) is 2.41. The molecule has 1 aromatic carbocycles. The summed E-state index contributed by atoms with van der Waals surface area (Å²) in [7, 11) is 0. The number of amides is 1. The zero-order chi connectivity index (χ0) is 11.5. The fourth-order valence-electron chi connectivity index (χ4n) is 2.11. The first-order valence-corrected chi connectivity index (χ1v) is 5.81. The first-order chi connectivity index (χ1) is 7.68. The number of nitrogens with zero attached hydrogens (tertiary/aromatic N) is 1. The summed E-state index contributed by atoms with van der Waals surface area (Å²) in [6.45, 7) is 4.85. The summed E-state index contributed by atoms with van der Waals surface area (Å²) in [4.78, 5) is 14.0. The fourth-order valence-corrected chi connectivity index (χ4v) is 2.11. The standard InChI is InChI=1S/C13H18N2O/c1-10-8-9-15(13(16)11(2)14-10)12-6-4-3-5-7-12/h3-7,10-11,14H,8-9H2,1-2H3. The van der Waals surface area contributed by atoms with E-state index in [2.05, 4.69) is 12.2 Å². The third kappa shape index (κ3) is 2.25. The first-order valence-electron chi connectivity index (χ1n) is 5.81. The van der Waals surface area contributed by atoms with Gasteiger partial charge in [0.2, 0.25) is 5.91 Å². The van der Waals surface area contributed by atoms with Crippen LogP contribution in [-0.4, -0.2) is 24.5 Å². The molecule has 1 aromatic rings. The molecule has 1 aliphatic heterocycles. The third-order valence-corrected chi connectivity index (χ3v) is 3.02. The van der Waals surface area contributed by atoms with Crippen LogP contribution in [0.3, 0.4) is 0 Å². The maximum Gasteiger partial charge on any atom is 0.243 e. The molecule has 1 aliphatic rings. The molecule has 0 aromatic heterocycles. The van der Waals surface area contributed by atoms with Crippen LogP contribution in [0.5, 0.6) is 0 Å². The van der Waals surface area contributed by atoms with Gasteiger partial charge < -0.3 is 10.2 Å². The lowest BCUT2D eigenvalue weighted by molar-refractivity contribution is -0.119. The lowest BCUT2D eigenvalue weighted by Crippen LogP contribution is -2.43. The van der Waals surface area contributed by atoms with Gasteiger partial charge in [0, 0.05) is 18.3 Å². The van der Waals surface area contributed by atoms with E-state index in [9.17, 15) is 4.79 Å². The second kappa shape index (κ2) is 4.66. The summed E-state index contributed by atoms with van der Waals surface area (Å²) in [6, 6.07) is 10.2. The van der Waals surface area contributed by atoms with Crippen LogP contribution < -0.4 is 10.2 Å². The molecule has 0 saturated carbocycles. The van der Waals surface area contributed by atoms with Gasteiger partial charge in [-0.25, -0.2) is 0 Å². The van der Waals surface area contributed by atoms with Crippen LogP contribution >= 0.6 is 0 Å². The summed E-state index contributed by atoms with van der Waals surface area (Å²) >= 11 is 0. The number of anilines is 1. The number of hydrogen-bond acceptors (Lipinski definition) is 2. The Hall–Kier alpha value is -1.35. The Balaban J connectivity index is 2.23. The molecule has 2 unspecified atom stereocenters. The second-order valence-corrected chi connectivity index (χ2v) is 4.40. The first kappa shape index (κ1) is 11.1. The van der Waals surface area contributed by atoms with Crippen LogP contribution in [-0.2, 0) is 4.79 Å². The highest BCUT2D eigenvalue weighted by molar-refractivity contribution is 5.97. The van der Waals surface area contributed by atoms with Gasteiger partial charge in [0.1, 0.15) is 0 Å². The molecular weight excluding hydrogens is 200 g/mol. The van der Waals surface area contributed by atoms with Crippen LogP contribution in [0, 0.1) is 0 Å². The Morgan fingerprint density at radius 2 is 1.94 bits per heavy atom. The molecule has 2 atom stereocenters. The van der Waals surface area contributed by atoms with E-state index in [1.807, 2.05) is 42.2 Å². The van der Waals surface area contributed by atoms with E-state index >= 15 is 0 Å². The Labute approximate surface area is 96.5 Å². The SMILES string of the molecule is CC1CCN(c2ccccc2)C(=O)C(C)N1. The molecule has 2 rings (SSSR count). The predicted molar refractivity (Wildman–Crippen MR) is 65.5 cm³/mol. The third-order valence-electron chi connectivity index (χ3n) is 3.02. The molecule has 0 aliphatic carbocycles. The van der Waals surface area contributed by atoms with Crippen molar-refractivity contribution in [3.63, 3.8) is 0 Å². The van der Waals surface area contributed by atoms with Crippen molar-refractivity contribution in [1.82, 2.24) is 5.32 Å². The molecular formula is C13H18N2O. The quantitative estimate of drug-likeness (QED) is 0.779. The summed E-state index contributed by atoms with van der Waals surface area (Å²) in [5, 5.41) is 3.30. The molecule has 16 heavy (non-hydrogen) atoms. The van der Waals surface area contributed by atoms with Gasteiger partial charge in [-0.15, -0.1) is 0 Å². The molecule has 3 nitrogen and oxygen atoms in total. The highest BCUT2D eigenvalue weighted by Gasteiger charge is 2.26. The smallest absolute Gasteiger partial charge is 0.243 e. The molecule has 1 N–H and O–H groups in total. The monoisotopic (exact) mass is 218 g/mol. The molecule has 1 heterocycles. The number of nitrogens with one attached hydrogen (secondary N) is 1. The summed E-state index contributed by atoms with van der Waals surface area (Å²) in [5.74, 6) is 0.163. The molecule has 0 spiro atoms. The Bertz CT molecular complexity index is 363. The number of para-hydroxylation sites is 1. The van der Waals surface area contributed by atoms with Gasteiger partial charge in [0.15, 0.2) is 0 Å². The largest absolute Gasteiger partial charge is 0.311 e. The van der Waals surface area contributed by atoms with Gasteiger partial charge in [0.25, 0.3) is 0 Å². The molecule has 1 fully saturated rings. The van der Waals surface area contributed by atoms with Crippen molar-refractivity contribution >= 4 is 11.6 Å². The van der Waals surface area contributed by atoms with Gasteiger partial charge in [-0.3, -0.25) is 4.79 Å². The second-order valence-electron chi connectivity index (χ2n) is 4.40. The van der Waals surface area contributed by atoms with Crippen molar-refractivity contribution in [2.24, 2.45) is 0 Å². The molecule has 0 bridgehead atoms. The van der Waals surface area contributed by atoms with Crippen molar-refractivity contribution in [2.45, 2.75) is 32.4 Å². The highest BCUT2D eigenvalue weighted by atomic mass is 16.2. The summed E-state index contributed by atoms with van der Waals surface area (Å²) in [6.07, 6.45) is 0.991. The number of rotatable bonds is 1. The molecule has 3 heteroatoms. The maximum atomic E-state index is 12.2. The maximum absolute atomic E-state index is 12.2. The van der Waals surface area contributed by atoms with Crippen LogP contribution in [0.2, 0.25) is 0 Å². The van der Waals surface area contributed by atoms with Crippen molar-refractivity contribution in [3.05, 3.63) is 30.3 Å². The molecule has 1 amide bonds. The van der Waals surface area contributed by atoms with Crippen molar-refractivity contribution in [3.8, 4) is 0 Å². The van der Waals surface area contributed by atoms with Crippen LogP contribution in [0.15, 0.2) is 30.3 Å². The normalized spacial score (nSPS) is 26.6. The Morgan fingerprint density at radius 1 is 1.25 bits per heavy atom.